The van der Waals surface area contributed by atoms with Gasteiger partial charge in [-0.2, -0.15) is 4.31 Å². The van der Waals surface area contributed by atoms with Gasteiger partial charge >= 0.3 is 0 Å². The summed E-state index contributed by atoms with van der Waals surface area (Å²) in [6, 6.07) is 13.7. The summed E-state index contributed by atoms with van der Waals surface area (Å²) in [6.45, 7) is 3.41. The molecule has 156 valence electrons. The molecule has 0 saturated carbocycles. The number of halogens is 1. The van der Waals surface area contributed by atoms with Crippen LogP contribution in [0.3, 0.4) is 0 Å². The standard InChI is InChI=1S/C20H23BrN2O5S/c1-2-27-18-5-3-4-6-19(18)28-15-20(24)22-11-13-23(14-12-22)29(25,26)17-9-7-16(21)8-10-17/h3-10H,2,11-15H2,1H3. The van der Waals surface area contributed by atoms with Crippen molar-refractivity contribution >= 4 is 31.9 Å². The maximum atomic E-state index is 12.8. The van der Waals surface area contributed by atoms with Crippen LogP contribution in [0.25, 0.3) is 0 Å². The number of carbonyl (C=O) groups excluding carboxylic acids is 1. The topological polar surface area (TPSA) is 76.2 Å². The predicted molar refractivity (Wildman–Crippen MR) is 113 cm³/mol. The maximum absolute atomic E-state index is 12.8. The second-order valence-corrected chi connectivity index (χ2v) is 9.26. The van der Waals surface area contributed by atoms with Crippen LogP contribution in [0, 0.1) is 0 Å². The second-order valence-electron chi connectivity index (χ2n) is 6.41. The van der Waals surface area contributed by atoms with Gasteiger partial charge in [-0.3, -0.25) is 4.79 Å². The highest BCUT2D eigenvalue weighted by molar-refractivity contribution is 9.10. The molecule has 0 unspecified atom stereocenters. The van der Waals surface area contributed by atoms with Crippen LogP contribution in [0.2, 0.25) is 0 Å². The number of amides is 1. The molecule has 3 rings (SSSR count). The number of sulfonamides is 1. The van der Waals surface area contributed by atoms with Crippen molar-refractivity contribution in [2.75, 3.05) is 39.4 Å². The van der Waals surface area contributed by atoms with Gasteiger partial charge in [-0.1, -0.05) is 28.1 Å². The zero-order valence-electron chi connectivity index (χ0n) is 16.1. The number of hydrogen-bond donors (Lipinski definition) is 0. The number of nitrogens with zero attached hydrogens (tertiary/aromatic N) is 2. The molecule has 0 N–H and O–H groups in total. The van der Waals surface area contributed by atoms with Crippen LogP contribution < -0.4 is 9.47 Å². The van der Waals surface area contributed by atoms with Gasteiger partial charge in [-0.05, 0) is 43.3 Å². The van der Waals surface area contributed by atoms with Crippen molar-refractivity contribution in [3.05, 3.63) is 53.0 Å². The minimum Gasteiger partial charge on any atom is -0.490 e. The van der Waals surface area contributed by atoms with Crippen LogP contribution >= 0.6 is 15.9 Å². The summed E-state index contributed by atoms with van der Waals surface area (Å²) in [5, 5.41) is 0. The number of hydrogen-bond acceptors (Lipinski definition) is 5. The Balaban J connectivity index is 1.55. The Labute approximate surface area is 179 Å². The Kier molecular flexibility index (Phi) is 7.15. The van der Waals surface area contributed by atoms with Crippen molar-refractivity contribution in [2.24, 2.45) is 0 Å². The average Bonchev–Trinajstić information content (AvgIpc) is 2.73. The molecule has 1 heterocycles. The van der Waals surface area contributed by atoms with E-state index in [1.165, 1.54) is 4.31 Å². The van der Waals surface area contributed by atoms with Gasteiger partial charge in [0.05, 0.1) is 11.5 Å². The Morgan fingerprint density at radius 2 is 1.55 bits per heavy atom. The molecule has 2 aromatic rings. The first-order valence-electron chi connectivity index (χ1n) is 9.30. The summed E-state index contributed by atoms with van der Waals surface area (Å²) >= 11 is 3.30. The molecule has 1 fully saturated rings. The maximum Gasteiger partial charge on any atom is 0.260 e. The van der Waals surface area contributed by atoms with E-state index in [0.29, 0.717) is 31.2 Å². The molecule has 0 atom stereocenters. The normalized spacial score (nSPS) is 15.2. The summed E-state index contributed by atoms with van der Waals surface area (Å²) in [6.07, 6.45) is 0. The van der Waals surface area contributed by atoms with Gasteiger partial charge in [-0.25, -0.2) is 8.42 Å². The molecule has 2 aromatic carbocycles. The molecule has 0 aromatic heterocycles. The Hall–Kier alpha value is -2.10. The van der Waals surface area contributed by atoms with Gasteiger partial charge in [0, 0.05) is 30.7 Å². The average molecular weight is 483 g/mol. The van der Waals surface area contributed by atoms with Crippen LogP contribution in [0.15, 0.2) is 57.9 Å². The molecule has 1 saturated heterocycles. The lowest BCUT2D eigenvalue weighted by atomic mass is 10.3. The minimum absolute atomic E-state index is 0.121. The summed E-state index contributed by atoms with van der Waals surface area (Å²) in [5.74, 6) is 0.921. The molecule has 0 aliphatic carbocycles. The highest BCUT2D eigenvalue weighted by atomic mass is 79.9. The van der Waals surface area contributed by atoms with Gasteiger partial charge < -0.3 is 14.4 Å². The van der Waals surface area contributed by atoms with Crippen molar-refractivity contribution < 1.29 is 22.7 Å². The van der Waals surface area contributed by atoms with E-state index in [1.54, 1.807) is 41.3 Å². The summed E-state index contributed by atoms with van der Waals surface area (Å²) in [4.78, 5) is 14.4. The number of carbonyl (C=O) groups is 1. The molecule has 1 amide bonds. The lowest BCUT2D eigenvalue weighted by molar-refractivity contribution is -0.134. The first-order valence-corrected chi connectivity index (χ1v) is 11.5. The zero-order valence-corrected chi connectivity index (χ0v) is 18.5. The number of piperazine rings is 1. The fraction of sp³-hybridized carbons (Fsp3) is 0.350. The first kappa shape index (κ1) is 21.6. The largest absolute Gasteiger partial charge is 0.490 e. The molecular formula is C20H23BrN2O5S. The molecular weight excluding hydrogens is 460 g/mol. The molecule has 0 radical (unpaired) electrons. The van der Waals surface area contributed by atoms with E-state index >= 15 is 0 Å². The van der Waals surface area contributed by atoms with Crippen molar-refractivity contribution in [2.45, 2.75) is 11.8 Å². The highest BCUT2D eigenvalue weighted by Gasteiger charge is 2.30. The third-order valence-electron chi connectivity index (χ3n) is 4.54. The summed E-state index contributed by atoms with van der Waals surface area (Å²) < 4.78 is 38.8. The quantitative estimate of drug-likeness (QED) is 0.606. The van der Waals surface area contributed by atoms with Crippen molar-refractivity contribution in [1.82, 2.24) is 9.21 Å². The van der Waals surface area contributed by atoms with Gasteiger partial charge in [0.2, 0.25) is 10.0 Å². The van der Waals surface area contributed by atoms with Gasteiger partial charge in [0.15, 0.2) is 18.1 Å². The monoisotopic (exact) mass is 482 g/mol. The second kappa shape index (κ2) is 9.60. The molecule has 0 bridgehead atoms. The third kappa shape index (κ3) is 5.29. The molecule has 7 nitrogen and oxygen atoms in total. The Morgan fingerprint density at radius 1 is 0.966 bits per heavy atom. The van der Waals surface area contributed by atoms with Crippen molar-refractivity contribution in [3.8, 4) is 11.5 Å². The predicted octanol–water partition coefficient (Wildman–Crippen LogP) is 2.76. The van der Waals surface area contributed by atoms with Crippen LogP contribution in [-0.2, 0) is 14.8 Å². The number of rotatable bonds is 7. The first-order chi connectivity index (χ1) is 13.9. The fourth-order valence-electron chi connectivity index (χ4n) is 3.01. The van der Waals surface area contributed by atoms with E-state index in [2.05, 4.69) is 15.9 Å². The number of benzene rings is 2. The zero-order chi connectivity index (χ0) is 20.9. The number of ether oxygens (including phenoxy) is 2. The third-order valence-corrected chi connectivity index (χ3v) is 6.98. The summed E-state index contributed by atoms with van der Waals surface area (Å²) in [5.41, 5.74) is 0. The molecule has 0 spiro atoms. The van der Waals surface area contributed by atoms with Crippen molar-refractivity contribution in [1.29, 1.82) is 0 Å². The molecule has 9 heteroatoms. The van der Waals surface area contributed by atoms with E-state index in [-0.39, 0.29) is 30.5 Å². The summed E-state index contributed by atoms with van der Waals surface area (Å²) in [7, 11) is -3.57. The van der Waals surface area contributed by atoms with Gasteiger partial charge in [-0.15, -0.1) is 0 Å². The van der Waals surface area contributed by atoms with Crippen LogP contribution in [0.4, 0.5) is 0 Å². The van der Waals surface area contributed by atoms with Gasteiger partial charge in [0.25, 0.3) is 5.91 Å². The van der Waals surface area contributed by atoms with E-state index in [1.807, 2.05) is 19.1 Å². The number of para-hydroxylation sites is 2. The Morgan fingerprint density at radius 3 is 2.14 bits per heavy atom. The van der Waals surface area contributed by atoms with E-state index in [4.69, 9.17) is 9.47 Å². The van der Waals surface area contributed by atoms with E-state index < -0.39 is 10.0 Å². The lowest BCUT2D eigenvalue weighted by Crippen LogP contribution is -2.51. The molecule has 1 aliphatic heterocycles. The molecule has 29 heavy (non-hydrogen) atoms. The SMILES string of the molecule is CCOc1ccccc1OCC(=O)N1CCN(S(=O)(=O)c2ccc(Br)cc2)CC1. The van der Waals surface area contributed by atoms with E-state index in [9.17, 15) is 13.2 Å². The minimum atomic E-state index is -3.57. The van der Waals surface area contributed by atoms with Crippen LogP contribution in [0.5, 0.6) is 11.5 Å². The highest BCUT2D eigenvalue weighted by Crippen LogP contribution is 2.26. The molecule has 1 aliphatic rings. The van der Waals surface area contributed by atoms with Crippen LogP contribution in [0.1, 0.15) is 6.92 Å². The van der Waals surface area contributed by atoms with E-state index in [0.717, 1.165) is 4.47 Å². The lowest BCUT2D eigenvalue weighted by Gasteiger charge is -2.34. The van der Waals surface area contributed by atoms with Crippen molar-refractivity contribution in [3.63, 3.8) is 0 Å². The van der Waals surface area contributed by atoms with Crippen LogP contribution in [-0.4, -0.2) is 62.9 Å². The van der Waals surface area contributed by atoms with Gasteiger partial charge in [0.1, 0.15) is 0 Å². The smallest absolute Gasteiger partial charge is 0.260 e. The Bertz CT molecular complexity index is 942. The fourth-order valence-corrected chi connectivity index (χ4v) is 4.69.